The Hall–Kier alpha value is -2.21. The fraction of sp³-hybridized carbons (Fsp3) is 0.235. The Morgan fingerprint density at radius 3 is 2.14 bits per heavy atom. The van der Waals surface area contributed by atoms with Gasteiger partial charge in [0.15, 0.2) is 0 Å². The van der Waals surface area contributed by atoms with Crippen molar-refractivity contribution in [3.05, 3.63) is 53.3 Å². The average Bonchev–Trinajstić information content (AvgIpc) is 2.62. The molecule has 0 unspecified atom stereocenters. The molecule has 8 nitrogen and oxygen atoms in total. The summed E-state index contributed by atoms with van der Waals surface area (Å²) < 4.78 is 63.6. The van der Waals surface area contributed by atoms with Crippen LogP contribution in [0.4, 0.5) is 15.8 Å². The number of amides is 1. The first-order valence-electron chi connectivity index (χ1n) is 8.07. The first-order chi connectivity index (χ1) is 13.3. The molecule has 0 radical (unpaired) electrons. The van der Waals surface area contributed by atoms with E-state index in [0.29, 0.717) is 0 Å². The van der Waals surface area contributed by atoms with Gasteiger partial charge in [-0.3, -0.25) is 9.10 Å². The van der Waals surface area contributed by atoms with Gasteiger partial charge >= 0.3 is 0 Å². The van der Waals surface area contributed by atoms with E-state index in [9.17, 15) is 26.0 Å². The number of hydrogen-bond donors (Lipinski definition) is 1. The Labute approximate surface area is 174 Å². The lowest BCUT2D eigenvalue weighted by molar-refractivity contribution is -0.114. The minimum Gasteiger partial charge on any atom is -0.324 e. The fourth-order valence-electron chi connectivity index (χ4n) is 2.30. The topological polar surface area (TPSA) is 104 Å². The molecule has 0 bridgehead atoms. The maximum absolute atomic E-state index is 13.2. The third-order valence-corrected chi connectivity index (χ3v) is 7.05. The molecule has 0 aromatic heterocycles. The highest BCUT2D eigenvalue weighted by Crippen LogP contribution is 2.23. The molecule has 1 N–H and O–H groups in total. The number of hydrogen-bond acceptors (Lipinski definition) is 5. The lowest BCUT2D eigenvalue weighted by Gasteiger charge is -2.22. The summed E-state index contributed by atoms with van der Waals surface area (Å²) in [6, 6.07) is 8.63. The van der Waals surface area contributed by atoms with Crippen LogP contribution >= 0.6 is 11.6 Å². The summed E-state index contributed by atoms with van der Waals surface area (Å²) in [4.78, 5) is 12.3. The third kappa shape index (κ3) is 5.66. The minimum absolute atomic E-state index is 0.0230. The van der Waals surface area contributed by atoms with Crippen molar-refractivity contribution in [2.45, 2.75) is 4.90 Å². The van der Waals surface area contributed by atoms with E-state index in [1.165, 1.54) is 50.5 Å². The van der Waals surface area contributed by atoms with E-state index in [0.717, 1.165) is 20.9 Å². The van der Waals surface area contributed by atoms with Crippen molar-refractivity contribution < 1.29 is 26.0 Å². The van der Waals surface area contributed by atoms with Crippen LogP contribution in [0.1, 0.15) is 0 Å². The summed E-state index contributed by atoms with van der Waals surface area (Å²) >= 11 is 5.66. The van der Waals surface area contributed by atoms with Crippen molar-refractivity contribution in [2.24, 2.45) is 0 Å². The smallest absolute Gasteiger partial charge is 0.245 e. The fourth-order valence-corrected chi connectivity index (χ4v) is 4.24. The SMILES string of the molecule is CN(C)S(=O)(=O)c1ccc(N(CC(=O)Nc2ccc(F)c(Cl)c2)S(C)(=O)=O)cc1. The van der Waals surface area contributed by atoms with Crippen molar-refractivity contribution in [1.29, 1.82) is 0 Å². The van der Waals surface area contributed by atoms with Crippen molar-refractivity contribution in [3.63, 3.8) is 0 Å². The summed E-state index contributed by atoms with van der Waals surface area (Å²) in [5.41, 5.74) is 0.305. The van der Waals surface area contributed by atoms with Gasteiger partial charge in [-0.25, -0.2) is 25.5 Å². The Morgan fingerprint density at radius 2 is 1.66 bits per heavy atom. The van der Waals surface area contributed by atoms with Crippen LogP contribution in [0.2, 0.25) is 5.02 Å². The van der Waals surface area contributed by atoms with Crippen molar-refractivity contribution in [2.75, 3.05) is 36.5 Å². The number of benzene rings is 2. The van der Waals surface area contributed by atoms with Gasteiger partial charge < -0.3 is 5.32 Å². The number of sulfonamides is 2. The molecule has 158 valence electrons. The molecule has 1 amide bonds. The van der Waals surface area contributed by atoms with E-state index >= 15 is 0 Å². The lowest BCUT2D eigenvalue weighted by atomic mass is 10.3. The van der Waals surface area contributed by atoms with E-state index in [1.54, 1.807) is 0 Å². The standard InChI is InChI=1S/C17H19ClFN3O5S2/c1-21(2)29(26,27)14-7-5-13(6-8-14)22(28(3,24)25)11-17(23)20-12-4-9-16(19)15(18)10-12/h4-10H,11H2,1-3H3,(H,20,23). The summed E-state index contributed by atoms with van der Waals surface area (Å²) in [5, 5.41) is 2.24. The minimum atomic E-state index is -3.86. The van der Waals surface area contributed by atoms with E-state index in [2.05, 4.69) is 5.32 Å². The molecule has 12 heteroatoms. The summed E-state index contributed by atoms with van der Waals surface area (Å²) in [7, 11) is -4.80. The summed E-state index contributed by atoms with van der Waals surface area (Å²) in [6.07, 6.45) is 0.916. The second-order valence-corrected chi connectivity index (χ2v) is 10.7. The monoisotopic (exact) mass is 463 g/mol. The van der Waals surface area contributed by atoms with Crippen LogP contribution in [0.25, 0.3) is 0 Å². The molecule has 0 spiro atoms. The van der Waals surface area contributed by atoms with Gasteiger partial charge in [-0.15, -0.1) is 0 Å². The van der Waals surface area contributed by atoms with Gasteiger partial charge in [-0.05, 0) is 42.5 Å². The van der Waals surface area contributed by atoms with Crippen LogP contribution < -0.4 is 9.62 Å². The molecule has 0 heterocycles. The molecule has 0 aliphatic carbocycles. The molecule has 0 aliphatic heterocycles. The number of rotatable bonds is 7. The Morgan fingerprint density at radius 1 is 1.07 bits per heavy atom. The molecule has 0 fully saturated rings. The molecule has 2 rings (SSSR count). The molecule has 0 saturated carbocycles. The van der Waals surface area contributed by atoms with Crippen LogP contribution in [0.15, 0.2) is 47.4 Å². The zero-order valence-electron chi connectivity index (χ0n) is 15.8. The predicted molar refractivity (Wildman–Crippen MR) is 110 cm³/mol. The number of nitrogens with one attached hydrogen (secondary N) is 1. The van der Waals surface area contributed by atoms with Gasteiger partial charge in [0.25, 0.3) is 0 Å². The second kappa shape index (κ2) is 8.66. The molecule has 2 aromatic rings. The second-order valence-electron chi connectivity index (χ2n) is 6.23. The van der Waals surface area contributed by atoms with Crippen LogP contribution in [0.3, 0.4) is 0 Å². The molecular weight excluding hydrogens is 445 g/mol. The van der Waals surface area contributed by atoms with Gasteiger partial charge in [-0.2, -0.15) is 0 Å². The zero-order valence-corrected chi connectivity index (χ0v) is 18.1. The van der Waals surface area contributed by atoms with Crippen LogP contribution in [0, 0.1) is 5.82 Å². The van der Waals surface area contributed by atoms with Gasteiger partial charge in [0.2, 0.25) is 26.0 Å². The van der Waals surface area contributed by atoms with Crippen molar-refractivity contribution in [3.8, 4) is 0 Å². The van der Waals surface area contributed by atoms with Gasteiger partial charge in [0.1, 0.15) is 12.4 Å². The van der Waals surface area contributed by atoms with Gasteiger partial charge in [0, 0.05) is 19.8 Å². The Kier molecular flexibility index (Phi) is 6.89. The first kappa shape index (κ1) is 23.1. The van der Waals surface area contributed by atoms with Crippen LogP contribution in [0.5, 0.6) is 0 Å². The number of carbonyl (C=O) groups is 1. The highest BCUT2D eigenvalue weighted by molar-refractivity contribution is 7.92. The summed E-state index contributed by atoms with van der Waals surface area (Å²) in [5.74, 6) is -1.35. The molecular formula is C17H19ClFN3O5S2. The zero-order chi connectivity index (χ0) is 22.0. The van der Waals surface area contributed by atoms with Crippen molar-refractivity contribution >= 4 is 48.9 Å². The van der Waals surface area contributed by atoms with E-state index in [4.69, 9.17) is 11.6 Å². The van der Waals surface area contributed by atoms with Crippen molar-refractivity contribution in [1.82, 2.24) is 4.31 Å². The Bertz CT molecular complexity index is 1120. The third-order valence-electron chi connectivity index (χ3n) is 3.79. The molecule has 0 atom stereocenters. The largest absolute Gasteiger partial charge is 0.324 e. The van der Waals surface area contributed by atoms with Crippen LogP contribution in [-0.2, 0) is 24.8 Å². The lowest BCUT2D eigenvalue weighted by Crippen LogP contribution is -2.37. The van der Waals surface area contributed by atoms with Crippen LogP contribution in [-0.4, -0.2) is 53.9 Å². The molecule has 29 heavy (non-hydrogen) atoms. The molecule has 2 aromatic carbocycles. The van der Waals surface area contributed by atoms with E-state index in [-0.39, 0.29) is 21.3 Å². The summed E-state index contributed by atoms with van der Waals surface area (Å²) in [6.45, 7) is -0.576. The molecule has 0 saturated heterocycles. The Balaban J connectivity index is 2.26. The predicted octanol–water partition coefficient (Wildman–Crippen LogP) is 2.13. The number of anilines is 2. The number of carbonyl (C=O) groups excluding carboxylic acids is 1. The number of nitrogens with zero attached hydrogens (tertiary/aromatic N) is 2. The molecule has 0 aliphatic rings. The first-order valence-corrected chi connectivity index (χ1v) is 11.7. The maximum Gasteiger partial charge on any atom is 0.245 e. The number of halogens is 2. The van der Waals surface area contributed by atoms with Gasteiger partial charge in [-0.1, -0.05) is 11.6 Å². The quantitative estimate of drug-likeness (QED) is 0.677. The maximum atomic E-state index is 13.2. The van der Waals surface area contributed by atoms with E-state index < -0.39 is 38.3 Å². The highest BCUT2D eigenvalue weighted by atomic mass is 35.5. The van der Waals surface area contributed by atoms with Gasteiger partial charge in [0.05, 0.1) is 21.9 Å². The van der Waals surface area contributed by atoms with E-state index in [1.807, 2.05) is 0 Å². The average molecular weight is 464 g/mol. The normalized spacial score (nSPS) is 12.1. The highest BCUT2D eigenvalue weighted by Gasteiger charge is 2.23.